The van der Waals surface area contributed by atoms with Crippen molar-refractivity contribution in [3.63, 3.8) is 0 Å². The minimum atomic E-state index is -0.00570. The van der Waals surface area contributed by atoms with Crippen LogP contribution < -0.4 is 10.5 Å². The molecule has 6 heteroatoms. The summed E-state index contributed by atoms with van der Waals surface area (Å²) in [5.74, 6) is 0.807. The van der Waals surface area contributed by atoms with Crippen LogP contribution in [-0.4, -0.2) is 23.1 Å². The molecule has 0 aliphatic heterocycles. The first-order chi connectivity index (χ1) is 9.24. The van der Waals surface area contributed by atoms with Crippen molar-refractivity contribution in [1.82, 2.24) is 4.98 Å². The van der Waals surface area contributed by atoms with Gasteiger partial charge in [0, 0.05) is 11.1 Å². The highest BCUT2D eigenvalue weighted by Crippen LogP contribution is 2.34. The summed E-state index contributed by atoms with van der Waals surface area (Å²) in [5.41, 5.74) is 5.89. The van der Waals surface area contributed by atoms with Crippen LogP contribution in [0.2, 0.25) is 0 Å². The summed E-state index contributed by atoms with van der Waals surface area (Å²) < 4.78 is 5.28. The number of nitrogens with zero attached hydrogens (tertiary/aromatic N) is 2. The lowest BCUT2D eigenvalue weighted by Gasteiger charge is -2.07. The molecule has 0 fully saturated rings. The zero-order valence-corrected chi connectivity index (χ0v) is 11.1. The Hall–Kier alpha value is -2.21. The Morgan fingerprint density at radius 3 is 2.74 bits per heavy atom. The predicted molar refractivity (Wildman–Crippen MR) is 73.9 cm³/mol. The summed E-state index contributed by atoms with van der Waals surface area (Å²) in [6.45, 7) is 0. The largest absolute Gasteiger partial charge is 0.496 e. The van der Waals surface area contributed by atoms with Gasteiger partial charge in [-0.15, -0.1) is 0 Å². The third-order valence-electron chi connectivity index (χ3n) is 2.40. The first-order valence-corrected chi connectivity index (χ1v) is 6.31. The highest BCUT2D eigenvalue weighted by Gasteiger charge is 2.05. The monoisotopic (exact) mass is 275 g/mol. The fraction of sp³-hybridized carbons (Fsp3) is 0.0769. The summed E-state index contributed by atoms with van der Waals surface area (Å²) >= 11 is 1.54. The molecule has 1 heterocycles. The van der Waals surface area contributed by atoms with Gasteiger partial charge in [-0.2, -0.15) is 0 Å². The predicted octanol–water partition coefficient (Wildman–Crippen LogP) is 2.34. The molecule has 19 heavy (non-hydrogen) atoms. The summed E-state index contributed by atoms with van der Waals surface area (Å²) in [4.78, 5) is 6.07. The normalized spacial score (nSPS) is 11.3. The van der Waals surface area contributed by atoms with Gasteiger partial charge in [0.25, 0.3) is 0 Å². The molecule has 0 spiro atoms. The van der Waals surface area contributed by atoms with Crippen molar-refractivity contribution in [2.75, 3.05) is 7.11 Å². The number of benzene rings is 1. The van der Waals surface area contributed by atoms with Gasteiger partial charge >= 0.3 is 0 Å². The van der Waals surface area contributed by atoms with Gasteiger partial charge in [0.1, 0.15) is 11.4 Å². The zero-order chi connectivity index (χ0) is 13.7. The number of rotatable bonds is 4. The molecular weight excluding hydrogens is 262 g/mol. The molecular formula is C13H13N3O2S. The maximum atomic E-state index is 8.56. The molecule has 1 aromatic carbocycles. The van der Waals surface area contributed by atoms with Gasteiger partial charge in [-0.3, -0.25) is 4.98 Å². The highest BCUT2D eigenvalue weighted by molar-refractivity contribution is 7.99. The Morgan fingerprint density at radius 1 is 1.32 bits per heavy atom. The molecule has 0 bridgehead atoms. The van der Waals surface area contributed by atoms with Crippen LogP contribution in [0.5, 0.6) is 5.75 Å². The number of hydrogen-bond acceptors (Lipinski definition) is 5. The Kier molecular flexibility index (Phi) is 4.25. The lowest BCUT2D eigenvalue weighted by molar-refractivity contribution is 0.318. The number of methoxy groups -OCH3 is 1. The summed E-state index contributed by atoms with van der Waals surface area (Å²) in [7, 11) is 1.64. The molecule has 98 valence electrons. The van der Waals surface area contributed by atoms with Crippen LogP contribution in [-0.2, 0) is 0 Å². The van der Waals surface area contributed by atoms with E-state index in [2.05, 4.69) is 10.1 Å². The number of amidine groups is 1. The van der Waals surface area contributed by atoms with Gasteiger partial charge in [0.2, 0.25) is 0 Å². The number of hydrogen-bond donors (Lipinski definition) is 2. The second-order valence-corrected chi connectivity index (χ2v) is 4.73. The molecule has 2 rings (SSSR count). The van der Waals surface area contributed by atoms with E-state index in [1.165, 1.54) is 11.8 Å². The fourth-order valence-corrected chi connectivity index (χ4v) is 2.37. The van der Waals surface area contributed by atoms with Crippen molar-refractivity contribution in [1.29, 1.82) is 0 Å². The molecule has 0 atom stereocenters. The lowest BCUT2D eigenvalue weighted by atomic mass is 10.3. The van der Waals surface area contributed by atoms with Crippen molar-refractivity contribution < 1.29 is 9.94 Å². The standard InChI is InChI=1S/C13H13N3O2S/c1-18-11-4-2-3-5-12(11)19-9-6-7-10(15-8-9)13(14)16-17/h2-8,17H,1H3,(H2,14,16). The Labute approximate surface area is 115 Å². The first-order valence-electron chi connectivity index (χ1n) is 5.49. The van der Waals surface area contributed by atoms with Gasteiger partial charge in [-0.25, -0.2) is 0 Å². The molecule has 1 aromatic heterocycles. The van der Waals surface area contributed by atoms with Crippen LogP contribution in [0.15, 0.2) is 57.5 Å². The molecule has 5 nitrogen and oxygen atoms in total. The van der Waals surface area contributed by atoms with Crippen molar-refractivity contribution in [3.8, 4) is 5.75 Å². The molecule has 0 amide bonds. The van der Waals surface area contributed by atoms with Crippen molar-refractivity contribution >= 4 is 17.6 Å². The second kappa shape index (κ2) is 6.10. The molecule has 0 saturated heterocycles. The van der Waals surface area contributed by atoms with Gasteiger partial charge in [0.05, 0.1) is 12.0 Å². The van der Waals surface area contributed by atoms with Crippen LogP contribution in [0.3, 0.4) is 0 Å². The maximum Gasteiger partial charge on any atom is 0.188 e. The number of nitrogens with two attached hydrogens (primary N) is 1. The zero-order valence-electron chi connectivity index (χ0n) is 10.3. The van der Waals surface area contributed by atoms with E-state index >= 15 is 0 Å². The molecule has 0 unspecified atom stereocenters. The van der Waals surface area contributed by atoms with Crippen molar-refractivity contribution in [2.24, 2.45) is 10.9 Å². The van der Waals surface area contributed by atoms with E-state index in [-0.39, 0.29) is 5.84 Å². The van der Waals surface area contributed by atoms with E-state index in [1.807, 2.05) is 30.3 Å². The third-order valence-corrected chi connectivity index (χ3v) is 3.44. The summed E-state index contributed by atoms with van der Waals surface area (Å²) in [6, 6.07) is 11.3. The number of para-hydroxylation sites is 1. The number of oxime groups is 1. The van der Waals surface area contributed by atoms with Crippen molar-refractivity contribution in [2.45, 2.75) is 9.79 Å². The quantitative estimate of drug-likeness (QED) is 0.387. The number of ether oxygens (including phenoxy) is 1. The van der Waals surface area contributed by atoms with Crippen LogP contribution in [0.25, 0.3) is 0 Å². The van der Waals surface area contributed by atoms with E-state index in [1.54, 1.807) is 19.4 Å². The van der Waals surface area contributed by atoms with E-state index < -0.39 is 0 Å². The van der Waals surface area contributed by atoms with E-state index in [0.717, 1.165) is 15.5 Å². The Balaban J connectivity index is 2.20. The average molecular weight is 275 g/mol. The smallest absolute Gasteiger partial charge is 0.188 e. The summed E-state index contributed by atoms with van der Waals surface area (Å²) in [6.07, 6.45) is 1.67. The average Bonchev–Trinajstić information content (AvgIpc) is 2.48. The first kappa shape index (κ1) is 13.2. The highest BCUT2D eigenvalue weighted by atomic mass is 32.2. The van der Waals surface area contributed by atoms with Crippen LogP contribution >= 0.6 is 11.8 Å². The topological polar surface area (TPSA) is 80.7 Å². The van der Waals surface area contributed by atoms with Gasteiger partial charge in [-0.05, 0) is 24.3 Å². The van der Waals surface area contributed by atoms with Gasteiger partial charge in [-0.1, -0.05) is 29.1 Å². The van der Waals surface area contributed by atoms with Crippen LogP contribution in [0.1, 0.15) is 5.69 Å². The van der Waals surface area contributed by atoms with Crippen LogP contribution in [0.4, 0.5) is 0 Å². The SMILES string of the molecule is COc1ccccc1Sc1ccc(/C(N)=N/O)nc1. The molecule has 3 N–H and O–H groups in total. The molecule has 0 saturated carbocycles. The fourth-order valence-electron chi connectivity index (χ4n) is 1.47. The minimum absolute atomic E-state index is 0.00570. The number of aromatic nitrogens is 1. The Morgan fingerprint density at radius 2 is 2.11 bits per heavy atom. The van der Waals surface area contributed by atoms with Gasteiger partial charge < -0.3 is 15.7 Å². The maximum absolute atomic E-state index is 8.56. The Bertz CT molecular complexity index is 585. The minimum Gasteiger partial charge on any atom is -0.496 e. The van der Waals surface area contributed by atoms with E-state index in [9.17, 15) is 0 Å². The third kappa shape index (κ3) is 3.17. The number of pyridine rings is 1. The molecule has 0 aliphatic rings. The molecule has 0 radical (unpaired) electrons. The van der Waals surface area contributed by atoms with Crippen LogP contribution in [0, 0.1) is 0 Å². The van der Waals surface area contributed by atoms with Crippen molar-refractivity contribution in [3.05, 3.63) is 48.3 Å². The summed E-state index contributed by atoms with van der Waals surface area (Å²) in [5, 5.41) is 11.5. The second-order valence-electron chi connectivity index (χ2n) is 3.62. The van der Waals surface area contributed by atoms with E-state index in [4.69, 9.17) is 15.7 Å². The molecule has 2 aromatic rings. The van der Waals surface area contributed by atoms with Gasteiger partial charge in [0.15, 0.2) is 5.84 Å². The van der Waals surface area contributed by atoms with E-state index in [0.29, 0.717) is 5.69 Å². The molecule has 0 aliphatic carbocycles. The lowest BCUT2D eigenvalue weighted by Crippen LogP contribution is -2.14.